The van der Waals surface area contributed by atoms with Crippen LogP contribution in [0.2, 0.25) is 0 Å². The molecule has 5 nitrogen and oxygen atoms in total. The number of carbonyl (C=O) groups excluding carboxylic acids is 2. The van der Waals surface area contributed by atoms with Gasteiger partial charge in [0.1, 0.15) is 6.04 Å². The van der Waals surface area contributed by atoms with Crippen molar-refractivity contribution in [1.82, 2.24) is 5.32 Å². The molecule has 30 heavy (non-hydrogen) atoms. The zero-order valence-corrected chi connectivity index (χ0v) is 17.1. The molecule has 0 saturated heterocycles. The van der Waals surface area contributed by atoms with Gasteiger partial charge in [-0.2, -0.15) is 0 Å². The first kappa shape index (κ1) is 21.3. The van der Waals surface area contributed by atoms with Crippen LogP contribution in [0.3, 0.4) is 0 Å². The van der Waals surface area contributed by atoms with Crippen molar-refractivity contribution in [3.05, 3.63) is 108 Å². The average Bonchev–Trinajstić information content (AvgIpc) is 2.82. The summed E-state index contributed by atoms with van der Waals surface area (Å²) in [6.07, 6.45) is -0.155. The van der Waals surface area contributed by atoms with Gasteiger partial charge in [-0.15, -0.1) is 0 Å². The third-order valence-corrected chi connectivity index (χ3v) is 5.10. The van der Waals surface area contributed by atoms with Crippen molar-refractivity contribution in [2.45, 2.75) is 18.0 Å². The van der Waals surface area contributed by atoms with E-state index in [9.17, 15) is 9.59 Å². The van der Waals surface area contributed by atoms with Gasteiger partial charge in [0.25, 0.3) is 0 Å². The molecule has 1 atom stereocenters. The maximum absolute atomic E-state index is 12.6. The third-order valence-electron chi connectivity index (χ3n) is 5.10. The minimum atomic E-state index is -0.914. The lowest BCUT2D eigenvalue weighted by molar-refractivity contribution is -0.150. The Bertz CT molecular complexity index is 862. The van der Waals surface area contributed by atoms with Crippen LogP contribution >= 0.6 is 0 Å². The van der Waals surface area contributed by atoms with Crippen LogP contribution in [0, 0.1) is 0 Å². The molecule has 0 heterocycles. The van der Waals surface area contributed by atoms with Gasteiger partial charge >= 0.3 is 11.9 Å². The van der Waals surface area contributed by atoms with Gasteiger partial charge in [-0.05, 0) is 16.7 Å². The summed E-state index contributed by atoms with van der Waals surface area (Å²) >= 11 is 0. The highest BCUT2D eigenvalue weighted by Crippen LogP contribution is 2.37. The standard InChI is InChI=1S/C25H25NO4/c1-29-23(27)18-22(24(28)30-2)26-25(19-12-6-3-7-13-19,20-14-8-4-9-15-20)21-16-10-5-11-17-21/h3-17,22,26H,18H2,1-2H3/t22-/m0/s1. The molecule has 0 spiro atoms. The molecule has 0 aliphatic rings. The highest BCUT2D eigenvalue weighted by molar-refractivity contribution is 5.83. The lowest BCUT2D eigenvalue weighted by Gasteiger charge is -2.39. The fourth-order valence-electron chi connectivity index (χ4n) is 3.66. The van der Waals surface area contributed by atoms with Crippen LogP contribution in [-0.2, 0) is 24.6 Å². The molecule has 0 fully saturated rings. The van der Waals surface area contributed by atoms with Gasteiger partial charge in [0.2, 0.25) is 0 Å². The summed E-state index contributed by atoms with van der Waals surface area (Å²) in [7, 11) is 2.61. The highest BCUT2D eigenvalue weighted by atomic mass is 16.5. The number of ether oxygens (including phenoxy) is 2. The molecule has 0 unspecified atom stereocenters. The number of hydrogen-bond donors (Lipinski definition) is 1. The van der Waals surface area contributed by atoms with E-state index >= 15 is 0 Å². The Hall–Kier alpha value is -3.44. The smallest absolute Gasteiger partial charge is 0.323 e. The molecule has 0 aliphatic heterocycles. The minimum Gasteiger partial charge on any atom is -0.469 e. The number of nitrogens with one attached hydrogen (secondary N) is 1. The molecule has 0 bridgehead atoms. The van der Waals surface area contributed by atoms with E-state index in [4.69, 9.17) is 9.47 Å². The Morgan fingerprint density at radius 2 is 1.13 bits per heavy atom. The molecule has 3 aromatic carbocycles. The zero-order chi connectivity index (χ0) is 21.4. The summed E-state index contributed by atoms with van der Waals surface area (Å²) in [5.41, 5.74) is 1.90. The van der Waals surface area contributed by atoms with Crippen molar-refractivity contribution in [1.29, 1.82) is 0 Å². The van der Waals surface area contributed by atoms with Gasteiger partial charge in [0, 0.05) is 0 Å². The van der Waals surface area contributed by atoms with Gasteiger partial charge in [0.05, 0.1) is 26.2 Å². The monoisotopic (exact) mass is 403 g/mol. The number of methoxy groups -OCH3 is 2. The van der Waals surface area contributed by atoms with Gasteiger partial charge in [-0.25, -0.2) is 0 Å². The quantitative estimate of drug-likeness (QED) is 0.459. The first-order chi connectivity index (χ1) is 14.6. The molecule has 0 saturated carbocycles. The summed E-state index contributed by atoms with van der Waals surface area (Å²) in [5.74, 6) is -1.03. The Kier molecular flexibility index (Phi) is 6.99. The average molecular weight is 403 g/mol. The molecule has 0 amide bonds. The van der Waals surface area contributed by atoms with Crippen LogP contribution in [-0.4, -0.2) is 32.2 Å². The van der Waals surface area contributed by atoms with E-state index in [0.29, 0.717) is 0 Å². The second kappa shape index (κ2) is 9.85. The number of benzene rings is 3. The molecule has 0 aromatic heterocycles. The molecule has 5 heteroatoms. The molecule has 3 aromatic rings. The second-order valence-corrected chi connectivity index (χ2v) is 6.85. The van der Waals surface area contributed by atoms with Crippen molar-refractivity contribution in [3.63, 3.8) is 0 Å². The number of rotatable bonds is 8. The minimum absolute atomic E-state index is 0.155. The maximum Gasteiger partial charge on any atom is 0.323 e. The lowest BCUT2D eigenvalue weighted by atomic mass is 9.76. The molecular weight excluding hydrogens is 378 g/mol. The number of hydrogen-bond acceptors (Lipinski definition) is 5. The fourth-order valence-corrected chi connectivity index (χ4v) is 3.66. The second-order valence-electron chi connectivity index (χ2n) is 6.85. The van der Waals surface area contributed by atoms with Crippen molar-refractivity contribution in [3.8, 4) is 0 Å². The van der Waals surface area contributed by atoms with Crippen molar-refractivity contribution < 1.29 is 19.1 Å². The lowest BCUT2D eigenvalue weighted by Crippen LogP contribution is -2.53. The van der Waals surface area contributed by atoms with Gasteiger partial charge in [-0.1, -0.05) is 91.0 Å². The van der Waals surface area contributed by atoms with Crippen molar-refractivity contribution in [2.24, 2.45) is 0 Å². The number of carbonyl (C=O) groups is 2. The summed E-state index contributed by atoms with van der Waals surface area (Å²) in [6.45, 7) is 0. The first-order valence-electron chi connectivity index (χ1n) is 9.70. The van der Waals surface area contributed by atoms with Crippen LogP contribution in [0.15, 0.2) is 91.0 Å². The van der Waals surface area contributed by atoms with E-state index in [1.165, 1.54) is 14.2 Å². The van der Waals surface area contributed by atoms with Crippen LogP contribution in [0.4, 0.5) is 0 Å². The Morgan fingerprint density at radius 1 is 0.733 bits per heavy atom. The molecular formula is C25H25NO4. The molecule has 0 aliphatic carbocycles. The molecule has 3 rings (SSSR count). The summed E-state index contributed by atoms with van der Waals surface area (Å²) in [6, 6.07) is 28.6. The van der Waals surface area contributed by atoms with E-state index in [2.05, 4.69) is 5.32 Å². The third kappa shape index (κ3) is 4.42. The summed E-state index contributed by atoms with van der Waals surface area (Å²) < 4.78 is 9.82. The number of esters is 2. The maximum atomic E-state index is 12.6. The van der Waals surface area contributed by atoms with E-state index in [1.54, 1.807) is 0 Å². The molecule has 1 N–H and O–H groups in total. The largest absolute Gasteiger partial charge is 0.469 e. The summed E-state index contributed by atoms with van der Waals surface area (Å²) in [4.78, 5) is 24.7. The Labute approximate surface area is 176 Å². The molecule has 0 radical (unpaired) electrons. The van der Waals surface area contributed by atoms with Crippen LogP contribution in [0.5, 0.6) is 0 Å². The van der Waals surface area contributed by atoms with E-state index in [-0.39, 0.29) is 6.42 Å². The van der Waals surface area contributed by atoms with E-state index < -0.39 is 23.5 Å². The van der Waals surface area contributed by atoms with Crippen molar-refractivity contribution >= 4 is 11.9 Å². The fraction of sp³-hybridized carbons (Fsp3) is 0.200. The Balaban J connectivity index is 2.24. The van der Waals surface area contributed by atoms with E-state index in [1.807, 2.05) is 91.0 Å². The predicted octanol–water partition coefficient (Wildman–Crippen LogP) is 3.67. The normalized spacial score (nSPS) is 12.1. The van der Waals surface area contributed by atoms with Crippen LogP contribution in [0.25, 0.3) is 0 Å². The van der Waals surface area contributed by atoms with Gasteiger partial charge < -0.3 is 9.47 Å². The zero-order valence-electron chi connectivity index (χ0n) is 17.1. The molecule has 154 valence electrons. The van der Waals surface area contributed by atoms with Gasteiger partial charge in [0.15, 0.2) is 0 Å². The van der Waals surface area contributed by atoms with Crippen molar-refractivity contribution in [2.75, 3.05) is 14.2 Å². The SMILES string of the molecule is COC(=O)C[C@H](NC(c1ccccc1)(c1ccccc1)c1ccccc1)C(=O)OC. The van der Waals surface area contributed by atoms with E-state index in [0.717, 1.165) is 16.7 Å². The first-order valence-corrected chi connectivity index (χ1v) is 9.70. The topological polar surface area (TPSA) is 64.6 Å². The Morgan fingerprint density at radius 3 is 1.47 bits per heavy atom. The predicted molar refractivity (Wildman–Crippen MR) is 115 cm³/mol. The van der Waals surface area contributed by atoms with Crippen LogP contribution in [0.1, 0.15) is 23.1 Å². The van der Waals surface area contributed by atoms with Crippen LogP contribution < -0.4 is 5.32 Å². The van der Waals surface area contributed by atoms with Gasteiger partial charge in [-0.3, -0.25) is 14.9 Å². The summed E-state index contributed by atoms with van der Waals surface area (Å²) in [5, 5.41) is 3.46. The highest BCUT2D eigenvalue weighted by Gasteiger charge is 2.40.